The maximum absolute atomic E-state index is 12.0. The maximum atomic E-state index is 12.0. The molecule has 0 aliphatic carbocycles. The molecule has 0 bridgehead atoms. The van der Waals surface area contributed by atoms with E-state index in [1.54, 1.807) is 29.3 Å². The Balaban J connectivity index is 2.62. The average molecular weight is 236 g/mol. The number of amides is 1. The minimum absolute atomic E-state index is 0.169. The zero-order valence-corrected chi connectivity index (χ0v) is 10.0. The molecule has 0 aliphatic rings. The highest BCUT2D eigenvalue weighted by Gasteiger charge is 2.16. The maximum Gasteiger partial charge on any atom is 0.307 e. The first-order valence-corrected chi connectivity index (χ1v) is 5.46. The smallest absolute Gasteiger partial charge is 0.307 e. The standard InChI is InChI=1S/C12H16N2O3/c1-3-14(9-7-11(15)17-2)12(16)10-6-4-5-8-13-10/h4-6,8H,3,7,9H2,1-2H3. The van der Waals surface area contributed by atoms with Gasteiger partial charge in [0.1, 0.15) is 5.69 Å². The third-order valence-electron chi connectivity index (χ3n) is 2.37. The van der Waals surface area contributed by atoms with Crippen molar-refractivity contribution >= 4 is 11.9 Å². The summed E-state index contributed by atoms with van der Waals surface area (Å²) < 4.78 is 4.54. The molecule has 1 heterocycles. The molecular formula is C12H16N2O3. The van der Waals surface area contributed by atoms with Crippen LogP contribution < -0.4 is 0 Å². The van der Waals surface area contributed by atoms with E-state index in [2.05, 4.69) is 9.72 Å². The molecule has 0 saturated heterocycles. The number of methoxy groups -OCH3 is 1. The van der Waals surface area contributed by atoms with Crippen LogP contribution in [-0.4, -0.2) is 42.0 Å². The van der Waals surface area contributed by atoms with Gasteiger partial charge in [-0.3, -0.25) is 14.6 Å². The van der Waals surface area contributed by atoms with E-state index in [9.17, 15) is 9.59 Å². The lowest BCUT2D eigenvalue weighted by Crippen LogP contribution is -2.33. The fraction of sp³-hybridized carbons (Fsp3) is 0.417. The predicted octanol–water partition coefficient (Wildman–Crippen LogP) is 1.11. The molecule has 1 amide bonds. The zero-order valence-electron chi connectivity index (χ0n) is 10.0. The molecule has 0 unspecified atom stereocenters. The summed E-state index contributed by atoms with van der Waals surface area (Å²) in [6.45, 7) is 2.74. The molecule has 1 aromatic rings. The van der Waals surface area contributed by atoms with Crippen LogP contribution in [0.25, 0.3) is 0 Å². The Kier molecular flexibility index (Phi) is 5.13. The first-order valence-electron chi connectivity index (χ1n) is 5.46. The number of carbonyl (C=O) groups is 2. The topological polar surface area (TPSA) is 59.5 Å². The van der Waals surface area contributed by atoms with Crippen molar-refractivity contribution in [3.05, 3.63) is 30.1 Å². The van der Waals surface area contributed by atoms with Gasteiger partial charge in [-0.1, -0.05) is 6.07 Å². The number of nitrogens with zero attached hydrogens (tertiary/aromatic N) is 2. The minimum atomic E-state index is -0.322. The molecular weight excluding hydrogens is 220 g/mol. The van der Waals surface area contributed by atoms with E-state index in [1.807, 2.05) is 6.92 Å². The lowest BCUT2D eigenvalue weighted by Gasteiger charge is -2.19. The van der Waals surface area contributed by atoms with E-state index >= 15 is 0 Å². The second-order valence-corrected chi connectivity index (χ2v) is 3.43. The van der Waals surface area contributed by atoms with E-state index in [0.717, 1.165) is 0 Å². The average Bonchev–Trinajstić information content (AvgIpc) is 2.39. The zero-order chi connectivity index (χ0) is 12.7. The number of hydrogen-bond acceptors (Lipinski definition) is 4. The molecule has 0 aliphatic heterocycles. The van der Waals surface area contributed by atoms with Gasteiger partial charge in [-0.15, -0.1) is 0 Å². The van der Waals surface area contributed by atoms with Crippen LogP contribution in [0, 0.1) is 0 Å². The third-order valence-corrected chi connectivity index (χ3v) is 2.37. The van der Waals surface area contributed by atoms with Gasteiger partial charge in [0.25, 0.3) is 5.91 Å². The fourth-order valence-corrected chi connectivity index (χ4v) is 1.38. The monoisotopic (exact) mass is 236 g/mol. The van der Waals surface area contributed by atoms with Crippen LogP contribution in [0.1, 0.15) is 23.8 Å². The third kappa shape index (κ3) is 3.86. The Morgan fingerprint density at radius 2 is 2.18 bits per heavy atom. The Morgan fingerprint density at radius 3 is 2.71 bits per heavy atom. The number of ether oxygens (including phenoxy) is 1. The lowest BCUT2D eigenvalue weighted by atomic mass is 10.3. The Hall–Kier alpha value is -1.91. The van der Waals surface area contributed by atoms with Crippen molar-refractivity contribution in [2.75, 3.05) is 20.2 Å². The SMILES string of the molecule is CCN(CCC(=O)OC)C(=O)c1ccccn1. The van der Waals surface area contributed by atoms with Crippen LogP contribution in [0.15, 0.2) is 24.4 Å². The summed E-state index contributed by atoms with van der Waals surface area (Å²) in [7, 11) is 1.33. The first kappa shape index (κ1) is 13.2. The largest absolute Gasteiger partial charge is 0.469 e. The first-order chi connectivity index (χ1) is 8.19. The van der Waals surface area contributed by atoms with Gasteiger partial charge in [0.2, 0.25) is 0 Å². The van der Waals surface area contributed by atoms with E-state index in [0.29, 0.717) is 18.8 Å². The molecule has 0 atom stereocenters. The molecule has 1 rings (SSSR count). The predicted molar refractivity (Wildman–Crippen MR) is 62.4 cm³/mol. The number of hydrogen-bond donors (Lipinski definition) is 0. The van der Waals surface area contributed by atoms with Gasteiger partial charge >= 0.3 is 5.97 Å². The second-order valence-electron chi connectivity index (χ2n) is 3.43. The van der Waals surface area contributed by atoms with Crippen LogP contribution >= 0.6 is 0 Å². The van der Waals surface area contributed by atoms with E-state index in [1.165, 1.54) is 7.11 Å². The van der Waals surface area contributed by atoms with Crippen LogP contribution in [0.3, 0.4) is 0 Å². The highest BCUT2D eigenvalue weighted by molar-refractivity contribution is 5.92. The van der Waals surface area contributed by atoms with Crippen molar-refractivity contribution in [2.24, 2.45) is 0 Å². The van der Waals surface area contributed by atoms with Crippen LogP contribution in [0.5, 0.6) is 0 Å². The molecule has 0 spiro atoms. The highest BCUT2D eigenvalue weighted by atomic mass is 16.5. The molecule has 1 aromatic heterocycles. The number of aromatic nitrogens is 1. The summed E-state index contributed by atoms with van der Waals surface area (Å²) in [5.41, 5.74) is 0.388. The van der Waals surface area contributed by atoms with Gasteiger partial charge in [-0.05, 0) is 19.1 Å². The molecule has 0 saturated carbocycles. The molecule has 92 valence electrons. The normalized spacial score (nSPS) is 9.76. The Labute approximate surface area is 100 Å². The van der Waals surface area contributed by atoms with Gasteiger partial charge < -0.3 is 9.64 Å². The number of carbonyl (C=O) groups excluding carboxylic acids is 2. The van der Waals surface area contributed by atoms with Crippen molar-refractivity contribution in [3.63, 3.8) is 0 Å². The van der Waals surface area contributed by atoms with Crippen LogP contribution in [0.2, 0.25) is 0 Å². The highest BCUT2D eigenvalue weighted by Crippen LogP contribution is 2.02. The lowest BCUT2D eigenvalue weighted by molar-refractivity contribution is -0.140. The summed E-state index contributed by atoms with van der Waals surface area (Å²) >= 11 is 0. The van der Waals surface area contributed by atoms with Gasteiger partial charge in [0, 0.05) is 19.3 Å². The number of esters is 1. The van der Waals surface area contributed by atoms with Gasteiger partial charge in [0.15, 0.2) is 0 Å². The summed E-state index contributed by atoms with van der Waals surface area (Å²) in [5.74, 6) is -0.491. The summed E-state index contributed by atoms with van der Waals surface area (Å²) in [6, 6.07) is 5.17. The van der Waals surface area contributed by atoms with Crippen molar-refractivity contribution in [3.8, 4) is 0 Å². The molecule has 0 aromatic carbocycles. The summed E-state index contributed by atoms with van der Waals surface area (Å²) in [5, 5.41) is 0. The van der Waals surface area contributed by atoms with Crippen LogP contribution in [0.4, 0.5) is 0 Å². The van der Waals surface area contributed by atoms with Crippen LogP contribution in [-0.2, 0) is 9.53 Å². The molecule has 0 N–H and O–H groups in total. The molecule has 0 radical (unpaired) electrons. The van der Waals surface area contributed by atoms with E-state index in [4.69, 9.17) is 0 Å². The Morgan fingerprint density at radius 1 is 1.41 bits per heavy atom. The molecule has 17 heavy (non-hydrogen) atoms. The van der Waals surface area contributed by atoms with E-state index in [-0.39, 0.29) is 18.3 Å². The van der Waals surface area contributed by atoms with Crippen molar-refractivity contribution in [2.45, 2.75) is 13.3 Å². The Bertz CT molecular complexity index is 379. The van der Waals surface area contributed by atoms with Crippen molar-refractivity contribution in [1.82, 2.24) is 9.88 Å². The number of rotatable bonds is 5. The number of pyridine rings is 1. The van der Waals surface area contributed by atoms with Gasteiger partial charge in [-0.25, -0.2) is 0 Å². The van der Waals surface area contributed by atoms with Gasteiger partial charge in [-0.2, -0.15) is 0 Å². The summed E-state index contributed by atoms with van der Waals surface area (Å²) in [4.78, 5) is 28.6. The second kappa shape index (κ2) is 6.62. The molecule has 5 nitrogen and oxygen atoms in total. The van der Waals surface area contributed by atoms with Crippen molar-refractivity contribution < 1.29 is 14.3 Å². The molecule has 0 fully saturated rings. The van der Waals surface area contributed by atoms with E-state index < -0.39 is 0 Å². The summed E-state index contributed by atoms with van der Waals surface area (Å²) in [6.07, 6.45) is 1.77. The minimum Gasteiger partial charge on any atom is -0.469 e. The quantitative estimate of drug-likeness (QED) is 0.718. The van der Waals surface area contributed by atoms with Gasteiger partial charge in [0.05, 0.1) is 13.5 Å². The van der Waals surface area contributed by atoms with Crippen molar-refractivity contribution in [1.29, 1.82) is 0 Å². The fourth-order valence-electron chi connectivity index (χ4n) is 1.38. The molecule has 5 heteroatoms.